The minimum Gasteiger partial charge on any atom is -0.292 e. The molecule has 0 aromatic rings. The van der Waals surface area contributed by atoms with E-state index in [4.69, 9.17) is 0 Å². The van der Waals surface area contributed by atoms with Crippen LogP contribution in [0.15, 0.2) is 12.2 Å². The molecule has 2 aliphatic carbocycles. The zero-order valence-corrected chi connectivity index (χ0v) is 5.18. The SMILES string of the molecule is O=C1C2C=CC(C2)C1(F)F. The van der Waals surface area contributed by atoms with Crippen molar-refractivity contribution in [2.24, 2.45) is 11.8 Å². The quantitative estimate of drug-likeness (QED) is 0.469. The maximum Gasteiger partial charge on any atom is 0.312 e. The second-order valence-electron chi connectivity index (χ2n) is 2.82. The molecular weight excluding hydrogens is 138 g/mol. The van der Waals surface area contributed by atoms with E-state index >= 15 is 0 Å². The Morgan fingerprint density at radius 3 is 2.50 bits per heavy atom. The molecule has 0 spiro atoms. The molecule has 0 aromatic carbocycles. The summed E-state index contributed by atoms with van der Waals surface area (Å²) in [5, 5.41) is 0. The third kappa shape index (κ3) is 0.485. The minimum atomic E-state index is -3.06. The third-order valence-electron chi connectivity index (χ3n) is 2.21. The lowest BCUT2D eigenvalue weighted by molar-refractivity contribution is -0.143. The highest BCUT2D eigenvalue weighted by molar-refractivity contribution is 5.93. The number of ketones is 1. The summed E-state index contributed by atoms with van der Waals surface area (Å²) in [5.41, 5.74) is 0. The Morgan fingerprint density at radius 1 is 1.50 bits per heavy atom. The summed E-state index contributed by atoms with van der Waals surface area (Å²) in [6.45, 7) is 0. The van der Waals surface area contributed by atoms with Crippen LogP contribution >= 0.6 is 0 Å². The Hall–Kier alpha value is -0.730. The van der Waals surface area contributed by atoms with E-state index in [1.165, 1.54) is 6.08 Å². The summed E-state index contributed by atoms with van der Waals surface area (Å²) in [7, 11) is 0. The molecule has 0 aromatic heterocycles. The average molecular weight is 144 g/mol. The molecule has 0 N–H and O–H groups in total. The lowest BCUT2D eigenvalue weighted by Gasteiger charge is -2.14. The first-order valence-corrected chi connectivity index (χ1v) is 3.23. The summed E-state index contributed by atoms with van der Waals surface area (Å²) < 4.78 is 25.3. The van der Waals surface area contributed by atoms with E-state index in [1.807, 2.05) is 0 Å². The van der Waals surface area contributed by atoms with Gasteiger partial charge in [-0.1, -0.05) is 12.2 Å². The van der Waals surface area contributed by atoms with Gasteiger partial charge in [-0.25, -0.2) is 0 Å². The van der Waals surface area contributed by atoms with Crippen molar-refractivity contribution in [1.82, 2.24) is 0 Å². The maximum atomic E-state index is 12.6. The molecule has 2 aliphatic rings. The van der Waals surface area contributed by atoms with E-state index in [2.05, 4.69) is 0 Å². The van der Waals surface area contributed by atoms with Gasteiger partial charge in [-0.3, -0.25) is 4.79 Å². The molecule has 0 saturated heterocycles. The van der Waals surface area contributed by atoms with Gasteiger partial charge in [0.05, 0.1) is 0 Å². The van der Waals surface area contributed by atoms with E-state index in [9.17, 15) is 13.6 Å². The molecule has 54 valence electrons. The molecule has 0 amide bonds. The Morgan fingerprint density at radius 2 is 2.20 bits per heavy atom. The Balaban J connectivity index is 2.44. The largest absolute Gasteiger partial charge is 0.312 e. The Bertz CT molecular complexity index is 220. The van der Waals surface area contributed by atoms with Crippen LogP contribution in [0.25, 0.3) is 0 Å². The molecule has 1 saturated carbocycles. The monoisotopic (exact) mass is 144 g/mol. The van der Waals surface area contributed by atoms with Gasteiger partial charge in [0.1, 0.15) is 0 Å². The molecule has 0 aliphatic heterocycles. The van der Waals surface area contributed by atoms with Crippen LogP contribution in [-0.2, 0) is 4.79 Å². The molecular formula is C7H6F2O. The van der Waals surface area contributed by atoms with Gasteiger partial charge >= 0.3 is 5.92 Å². The minimum absolute atomic E-state index is 0.325. The van der Waals surface area contributed by atoms with Crippen molar-refractivity contribution in [2.45, 2.75) is 12.3 Å². The van der Waals surface area contributed by atoms with Gasteiger partial charge in [0.2, 0.25) is 5.78 Å². The first-order valence-electron chi connectivity index (χ1n) is 3.23. The van der Waals surface area contributed by atoms with Crippen LogP contribution in [0.2, 0.25) is 0 Å². The second-order valence-corrected chi connectivity index (χ2v) is 2.82. The summed E-state index contributed by atoms with van der Waals surface area (Å²) in [6.07, 6.45) is 3.36. The molecule has 2 unspecified atom stereocenters. The number of hydrogen-bond acceptors (Lipinski definition) is 1. The number of alkyl halides is 2. The van der Waals surface area contributed by atoms with Crippen LogP contribution in [0.4, 0.5) is 8.78 Å². The number of halogens is 2. The highest BCUT2D eigenvalue weighted by Crippen LogP contribution is 2.46. The highest BCUT2D eigenvalue weighted by atomic mass is 19.3. The lowest BCUT2D eigenvalue weighted by atomic mass is 10.0. The van der Waals surface area contributed by atoms with Crippen LogP contribution in [0.3, 0.4) is 0 Å². The average Bonchev–Trinajstić information content (AvgIpc) is 2.37. The van der Waals surface area contributed by atoms with Crippen LogP contribution < -0.4 is 0 Å². The van der Waals surface area contributed by atoms with Gasteiger partial charge in [0.25, 0.3) is 0 Å². The van der Waals surface area contributed by atoms with E-state index in [0.717, 1.165) is 0 Å². The van der Waals surface area contributed by atoms with Crippen molar-refractivity contribution in [1.29, 1.82) is 0 Å². The fourth-order valence-corrected chi connectivity index (χ4v) is 1.59. The van der Waals surface area contributed by atoms with Crippen molar-refractivity contribution >= 4 is 5.78 Å². The maximum absolute atomic E-state index is 12.6. The topological polar surface area (TPSA) is 17.1 Å². The first-order chi connectivity index (χ1) is 4.62. The van der Waals surface area contributed by atoms with Gasteiger partial charge in [-0.05, 0) is 6.42 Å². The number of fused-ring (bicyclic) bond motifs is 2. The van der Waals surface area contributed by atoms with Gasteiger partial charge in [0.15, 0.2) is 0 Å². The van der Waals surface area contributed by atoms with Gasteiger partial charge in [-0.2, -0.15) is 8.78 Å². The van der Waals surface area contributed by atoms with Crippen LogP contribution in [0, 0.1) is 11.8 Å². The smallest absolute Gasteiger partial charge is 0.292 e. The summed E-state index contributed by atoms with van der Waals surface area (Å²) in [5.74, 6) is -5.23. The third-order valence-corrected chi connectivity index (χ3v) is 2.21. The second kappa shape index (κ2) is 1.47. The molecule has 2 atom stereocenters. The Kier molecular flexibility index (Phi) is 0.881. The van der Waals surface area contributed by atoms with Crippen molar-refractivity contribution in [3.8, 4) is 0 Å². The molecule has 0 heterocycles. The molecule has 1 nitrogen and oxygen atoms in total. The van der Waals surface area contributed by atoms with Gasteiger partial charge < -0.3 is 0 Å². The van der Waals surface area contributed by atoms with Crippen LogP contribution in [0.1, 0.15) is 6.42 Å². The predicted octanol–water partition coefficient (Wildman–Crippen LogP) is 1.40. The summed E-state index contributed by atoms with van der Waals surface area (Å²) in [4.78, 5) is 10.7. The van der Waals surface area contributed by atoms with E-state index in [-0.39, 0.29) is 0 Å². The van der Waals surface area contributed by atoms with Crippen molar-refractivity contribution in [3.63, 3.8) is 0 Å². The Labute approximate surface area is 56.7 Å². The van der Waals surface area contributed by atoms with Crippen LogP contribution in [-0.4, -0.2) is 11.7 Å². The van der Waals surface area contributed by atoms with Gasteiger partial charge in [0, 0.05) is 11.8 Å². The van der Waals surface area contributed by atoms with Crippen molar-refractivity contribution in [3.05, 3.63) is 12.2 Å². The number of rotatable bonds is 0. The molecule has 1 fully saturated rings. The normalized spacial score (nSPS) is 41.2. The first kappa shape index (κ1) is 6.01. The number of hydrogen-bond donors (Lipinski definition) is 0. The molecule has 0 radical (unpaired) electrons. The number of Topliss-reactive ketones (excluding diaryl/α,β-unsaturated/α-hetero) is 1. The zero-order valence-electron chi connectivity index (χ0n) is 5.18. The zero-order chi connectivity index (χ0) is 7.35. The van der Waals surface area contributed by atoms with Crippen molar-refractivity contribution < 1.29 is 13.6 Å². The lowest BCUT2D eigenvalue weighted by Crippen LogP contribution is -2.32. The van der Waals surface area contributed by atoms with E-state index in [0.29, 0.717) is 6.42 Å². The molecule has 2 bridgehead atoms. The summed E-state index contributed by atoms with van der Waals surface area (Å²) >= 11 is 0. The predicted molar refractivity (Wildman–Crippen MR) is 30.7 cm³/mol. The molecule has 10 heavy (non-hydrogen) atoms. The van der Waals surface area contributed by atoms with E-state index in [1.54, 1.807) is 6.08 Å². The number of carbonyl (C=O) groups excluding carboxylic acids is 1. The highest BCUT2D eigenvalue weighted by Gasteiger charge is 2.57. The van der Waals surface area contributed by atoms with E-state index < -0.39 is 23.5 Å². The fraction of sp³-hybridized carbons (Fsp3) is 0.571. The molecule has 3 heteroatoms. The molecule has 2 rings (SSSR count). The summed E-state index contributed by atoms with van der Waals surface area (Å²) in [6, 6.07) is 0. The van der Waals surface area contributed by atoms with Crippen LogP contribution in [0.5, 0.6) is 0 Å². The number of allylic oxidation sites excluding steroid dienone is 2. The fourth-order valence-electron chi connectivity index (χ4n) is 1.59. The number of carbonyl (C=O) groups is 1. The van der Waals surface area contributed by atoms with Crippen molar-refractivity contribution in [2.75, 3.05) is 0 Å². The van der Waals surface area contributed by atoms with Gasteiger partial charge in [-0.15, -0.1) is 0 Å². The standard InChI is InChI=1S/C7H6F2O/c8-7(9)5-2-1-4(3-5)6(7)10/h1-2,4-5H,3H2.